The molecule has 1 N–H and O–H groups in total. The van der Waals surface area contributed by atoms with E-state index in [-0.39, 0.29) is 0 Å². The van der Waals surface area contributed by atoms with Crippen molar-refractivity contribution in [1.82, 2.24) is 20.2 Å². The van der Waals surface area contributed by atoms with Gasteiger partial charge in [0.15, 0.2) is 17.3 Å². The quantitative estimate of drug-likeness (QED) is 0.245. The molecule has 0 amide bonds. The lowest BCUT2D eigenvalue weighted by Crippen LogP contribution is -1.99. The number of hydrogen-bond donors (Lipinski definition) is 1. The van der Waals surface area contributed by atoms with Crippen LogP contribution in [0.3, 0.4) is 0 Å². The zero-order valence-corrected chi connectivity index (χ0v) is 20.8. The van der Waals surface area contributed by atoms with Crippen LogP contribution < -0.4 is 14.8 Å². The van der Waals surface area contributed by atoms with Crippen LogP contribution >= 0.6 is 0 Å². The van der Waals surface area contributed by atoms with Gasteiger partial charge in [-0.1, -0.05) is 42.5 Å². The Labute approximate surface area is 222 Å². The summed E-state index contributed by atoms with van der Waals surface area (Å²) in [5.74, 6) is 3.26. The largest absolute Gasteiger partial charge is 0.495 e. The fourth-order valence-corrected chi connectivity index (χ4v) is 4.53. The molecule has 7 rings (SSSR count). The molecule has 0 aliphatic carbocycles. The average molecular weight is 512 g/mol. The van der Waals surface area contributed by atoms with E-state index >= 15 is 0 Å². The van der Waals surface area contributed by atoms with E-state index in [2.05, 4.69) is 25.5 Å². The summed E-state index contributed by atoms with van der Waals surface area (Å²) in [6.45, 7) is 0. The van der Waals surface area contributed by atoms with Crippen molar-refractivity contribution in [2.45, 2.75) is 0 Å². The Kier molecular flexibility index (Phi) is 5.48. The second-order valence-electron chi connectivity index (χ2n) is 8.89. The van der Waals surface area contributed by atoms with E-state index in [1.165, 1.54) is 0 Å². The Hall–Kier alpha value is -5.50. The van der Waals surface area contributed by atoms with Gasteiger partial charge in [0.05, 0.1) is 18.8 Å². The molecule has 3 aromatic carbocycles. The van der Waals surface area contributed by atoms with Gasteiger partial charge >= 0.3 is 0 Å². The third kappa shape index (κ3) is 4.23. The summed E-state index contributed by atoms with van der Waals surface area (Å²) < 4.78 is 17.4. The zero-order chi connectivity index (χ0) is 26.2. The molecule has 0 unspecified atom stereocenters. The first-order valence-electron chi connectivity index (χ1n) is 12.3. The normalized spacial score (nSPS) is 11.2. The van der Waals surface area contributed by atoms with E-state index in [1.54, 1.807) is 25.6 Å². The highest BCUT2D eigenvalue weighted by Crippen LogP contribution is 2.35. The maximum Gasteiger partial charge on any atom is 0.161 e. The molecule has 8 heteroatoms. The second-order valence-corrected chi connectivity index (χ2v) is 8.89. The number of anilines is 2. The third-order valence-corrected chi connectivity index (χ3v) is 6.44. The van der Waals surface area contributed by atoms with Crippen molar-refractivity contribution >= 4 is 44.3 Å². The minimum absolute atomic E-state index is 0.612. The summed E-state index contributed by atoms with van der Waals surface area (Å²) >= 11 is 0. The first-order chi connectivity index (χ1) is 19.2. The Balaban J connectivity index is 1.16. The van der Waals surface area contributed by atoms with Crippen molar-refractivity contribution in [2.75, 3.05) is 12.4 Å². The van der Waals surface area contributed by atoms with Crippen molar-refractivity contribution in [1.29, 1.82) is 0 Å². The number of hydrogen-bond acceptors (Lipinski definition) is 8. The van der Waals surface area contributed by atoms with Crippen molar-refractivity contribution in [3.05, 3.63) is 103 Å². The number of nitrogens with one attached hydrogen (secondary N) is 1. The molecule has 39 heavy (non-hydrogen) atoms. The molecule has 0 saturated heterocycles. The SMILES string of the molecule is COc1cnc2c(Oc3ccc(Nc4nnc(-c5cc6ccccc6o5)c5ccccc45)cc3)ccnc2c1. The lowest BCUT2D eigenvalue weighted by molar-refractivity contribution is 0.413. The highest BCUT2D eigenvalue weighted by Gasteiger charge is 2.15. The third-order valence-electron chi connectivity index (χ3n) is 6.44. The molecule has 4 heterocycles. The molecule has 0 spiro atoms. The smallest absolute Gasteiger partial charge is 0.161 e. The van der Waals surface area contributed by atoms with Crippen LogP contribution in [0.1, 0.15) is 0 Å². The number of para-hydroxylation sites is 1. The molecule has 188 valence electrons. The molecule has 7 aromatic rings. The van der Waals surface area contributed by atoms with Gasteiger partial charge in [-0.25, -0.2) is 4.98 Å². The molecule has 0 aliphatic heterocycles. The maximum atomic E-state index is 6.12. The van der Waals surface area contributed by atoms with E-state index in [0.717, 1.165) is 27.4 Å². The van der Waals surface area contributed by atoms with Gasteiger partial charge in [0, 0.05) is 40.2 Å². The molecule has 0 bridgehead atoms. The molecule has 0 radical (unpaired) electrons. The summed E-state index contributed by atoms with van der Waals surface area (Å²) in [7, 11) is 1.60. The number of benzene rings is 3. The van der Waals surface area contributed by atoms with Gasteiger partial charge in [-0.15, -0.1) is 10.2 Å². The average Bonchev–Trinajstić information content (AvgIpc) is 3.42. The number of ether oxygens (including phenoxy) is 2. The van der Waals surface area contributed by atoms with Gasteiger partial charge in [0.25, 0.3) is 0 Å². The monoisotopic (exact) mass is 511 g/mol. The number of methoxy groups -OCH3 is 1. The van der Waals surface area contributed by atoms with Crippen LogP contribution in [-0.4, -0.2) is 27.3 Å². The number of aromatic nitrogens is 4. The van der Waals surface area contributed by atoms with E-state index in [4.69, 9.17) is 13.9 Å². The van der Waals surface area contributed by atoms with Crippen molar-refractivity contribution in [3.63, 3.8) is 0 Å². The lowest BCUT2D eigenvalue weighted by atomic mass is 10.1. The van der Waals surface area contributed by atoms with Gasteiger partial charge in [0.2, 0.25) is 0 Å². The molecule has 0 atom stereocenters. The summed E-state index contributed by atoms with van der Waals surface area (Å²) in [6, 6.07) is 29.2. The predicted molar refractivity (Wildman–Crippen MR) is 151 cm³/mol. The first kappa shape index (κ1) is 22.7. The van der Waals surface area contributed by atoms with Crippen molar-refractivity contribution < 1.29 is 13.9 Å². The number of rotatable bonds is 6. The van der Waals surface area contributed by atoms with Crippen LogP contribution in [0.15, 0.2) is 108 Å². The number of nitrogens with zero attached hydrogens (tertiary/aromatic N) is 4. The van der Waals surface area contributed by atoms with Gasteiger partial charge < -0.3 is 19.2 Å². The van der Waals surface area contributed by atoms with Gasteiger partial charge in [0.1, 0.15) is 28.3 Å². The Morgan fingerprint density at radius 1 is 0.769 bits per heavy atom. The number of fused-ring (bicyclic) bond motifs is 3. The zero-order valence-electron chi connectivity index (χ0n) is 20.8. The summed E-state index contributed by atoms with van der Waals surface area (Å²) in [4.78, 5) is 8.81. The minimum Gasteiger partial charge on any atom is -0.495 e. The minimum atomic E-state index is 0.612. The molecule has 0 fully saturated rings. The molecule has 0 saturated carbocycles. The van der Waals surface area contributed by atoms with Crippen LogP contribution in [0.5, 0.6) is 17.2 Å². The van der Waals surface area contributed by atoms with Gasteiger partial charge in [-0.3, -0.25) is 4.98 Å². The Morgan fingerprint density at radius 3 is 2.44 bits per heavy atom. The van der Waals surface area contributed by atoms with Crippen molar-refractivity contribution in [2.24, 2.45) is 0 Å². The van der Waals surface area contributed by atoms with Crippen LogP contribution in [0, 0.1) is 0 Å². The summed E-state index contributed by atoms with van der Waals surface area (Å²) in [5, 5.41) is 15.3. The number of furan rings is 1. The Morgan fingerprint density at radius 2 is 1.59 bits per heavy atom. The first-order valence-corrected chi connectivity index (χ1v) is 12.3. The number of pyridine rings is 2. The highest BCUT2D eigenvalue weighted by molar-refractivity contribution is 6.01. The van der Waals surface area contributed by atoms with Crippen LogP contribution in [0.4, 0.5) is 11.5 Å². The van der Waals surface area contributed by atoms with Gasteiger partial charge in [-0.05, 0) is 36.4 Å². The highest BCUT2D eigenvalue weighted by atomic mass is 16.5. The topological polar surface area (TPSA) is 95.2 Å². The van der Waals surface area contributed by atoms with Crippen LogP contribution in [0.25, 0.3) is 44.2 Å². The predicted octanol–water partition coefficient (Wildman–Crippen LogP) is 7.53. The van der Waals surface area contributed by atoms with E-state index in [9.17, 15) is 0 Å². The standard InChI is InChI=1S/C31H21N5O3/c1-37-22-17-25-30(33-18-22)27(14-15-32-25)38-21-12-10-20(11-13-21)34-31-24-8-4-3-7-23(24)29(35-36-31)28-16-19-6-2-5-9-26(19)39-28/h2-18H,1H3,(H,34,36). The summed E-state index contributed by atoms with van der Waals surface area (Å²) in [5.41, 5.74) is 3.72. The molecule has 8 nitrogen and oxygen atoms in total. The van der Waals surface area contributed by atoms with Crippen LogP contribution in [0.2, 0.25) is 0 Å². The lowest BCUT2D eigenvalue weighted by Gasteiger charge is -2.12. The van der Waals surface area contributed by atoms with E-state index < -0.39 is 0 Å². The van der Waals surface area contributed by atoms with Gasteiger partial charge in [-0.2, -0.15) is 0 Å². The van der Waals surface area contributed by atoms with Crippen molar-refractivity contribution in [3.8, 4) is 28.7 Å². The van der Waals surface area contributed by atoms with E-state index in [0.29, 0.717) is 45.6 Å². The second kappa shape index (κ2) is 9.42. The molecular formula is C31H21N5O3. The fourth-order valence-electron chi connectivity index (χ4n) is 4.53. The maximum absolute atomic E-state index is 6.12. The molecule has 0 aliphatic rings. The summed E-state index contributed by atoms with van der Waals surface area (Å²) in [6.07, 6.45) is 3.34. The molecule has 4 aromatic heterocycles. The molecular weight excluding hydrogens is 490 g/mol. The Bertz CT molecular complexity index is 1940. The van der Waals surface area contributed by atoms with E-state index in [1.807, 2.05) is 84.9 Å². The fraction of sp³-hybridized carbons (Fsp3) is 0.0323. The van der Waals surface area contributed by atoms with Crippen LogP contribution in [-0.2, 0) is 0 Å².